The van der Waals surface area contributed by atoms with Crippen molar-refractivity contribution >= 4 is 23.3 Å². The predicted octanol–water partition coefficient (Wildman–Crippen LogP) is 22.2. The molecule has 376 valence electrons. The van der Waals surface area contributed by atoms with Crippen LogP contribution in [0.3, 0.4) is 0 Å². The third kappa shape index (κ3) is 33.1. The molecule has 0 atom stereocenters. The van der Waals surface area contributed by atoms with E-state index < -0.39 is 0 Å². The number of rotatable bonds is 47. The van der Waals surface area contributed by atoms with E-state index in [1.165, 1.54) is 279 Å². The highest BCUT2D eigenvalue weighted by molar-refractivity contribution is 6.36. The molecule has 0 amide bonds. The molecule has 2 aromatic rings. The van der Waals surface area contributed by atoms with Gasteiger partial charge in [-0.2, -0.15) is 0 Å². The molecule has 0 bridgehead atoms. The van der Waals surface area contributed by atoms with Crippen molar-refractivity contribution in [3.05, 3.63) is 70.8 Å². The number of hydrogen-bond donors (Lipinski definition) is 0. The fourth-order valence-corrected chi connectivity index (χ4v) is 9.77. The van der Waals surface area contributed by atoms with Gasteiger partial charge in [-0.25, -0.2) is 4.99 Å². The van der Waals surface area contributed by atoms with E-state index in [4.69, 9.17) is 9.98 Å². The summed E-state index contributed by atoms with van der Waals surface area (Å²) in [6.07, 6.45) is 65.2. The van der Waals surface area contributed by atoms with E-state index in [0.717, 1.165) is 36.3 Å². The summed E-state index contributed by atoms with van der Waals surface area (Å²) in [5.41, 5.74) is 9.14. The van der Waals surface area contributed by atoms with Crippen molar-refractivity contribution in [2.45, 2.75) is 311 Å². The SMILES string of the molecule is CCCCCCCCCCCCCCCCCCCCCCCCCCCCC=CC(C=Nc1ccc(CCCCC)c(CCCCC)c1)=Nc1ccc(CCCCC)c(CCCCC)c1. The van der Waals surface area contributed by atoms with Crippen LogP contribution < -0.4 is 0 Å². The van der Waals surface area contributed by atoms with E-state index in [1.807, 2.05) is 6.21 Å². The molecule has 0 radical (unpaired) electrons. The normalized spacial score (nSPS) is 12.2. The van der Waals surface area contributed by atoms with Gasteiger partial charge in [-0.05, 0) is 117 Å². The third-order valence-electron chi connectivity index (χ3n) is 14.2. The lowest BCUT2D eigenvalue weighted by atomic mass is 9.96. The lowest BCUT2D eigenvalue weighted by Crippen LogP contribution is -1.98. The van der Waals surface area contributed by atoms with Crippen molar-refractivity contribution in [2.24, 2.45) is 9.98 Å². The largest absolute Gasteiger partial charge is 0.255 e. The van der Waals surface area contributed by atoms with E-state index in [-0.39, 0.29) is 0 Å². The van der Waals surface area contributed by atoms with Crippen LogP contribution in [0, 0.1) is 0 Å². The van der Waals surface area contributed by atoms with Gasteiger partial charge in [0.05, 0.1) is 23.3 Å². The summed E-state index contributed by atoms with van der Waals surface area (Å²) in [5, 5.41) is 0. The molecule has 2 aromatic carbocycles. The van der Waals surface area contributed by atoms with E-state index in [1.54, 1.807) is 0 Å². The Morgan fingerprint density at radius 3 is 1.02 bits per heavy atom. The second kappa shape index (κ2) is 45.0. The van der Waals surface area contributed by atoms with Crippen LogP contribution in [-0.4, -0.2) is 11.9 Å². The molecular weight excluding hydrogens is 797 g/mol. The highest BCUT2D eigenvalue weighted by Crippen LogP contribution is 2.25. The van der Waals surface area contributed by atoms with E-state index in [2.05, 4.69) is 83.2 Å². The zero-order chi connectivity index (χ0) is 47.2. The van der Waals surface area contributed by atoms with Gasteiger partial charge >= 0.3 is 0 Å². The third-order valence-corrected chi connectivity index (χ3v) is 14.2. The van der Waals surface area contributed by atoms with Gasteiger partial charge in [0.15, 0.2) is 0 Å². The first-order chi connectivity index (χ1) is 32.6. The maximum absolute atomic E-state index is 5.27. The monoisotopic (exact) mass is 907 g/mol. The van der Waals surface area contributed by atoms with Gasteiger partial charge in [-0.15, -0.1) is 0 Å². The fraction of sp³-hybridized carbons (Fsp3) is 0.750. The van der Waals surface area contributed by atoms with Gasteiger partial charge in [0.1, 0.15) is 0 Å². The van der Waals surface area contributed by atoms with Crippen molar-refractivity contribution in [2.75, 3.05) is 0 Å². The number of aliphatic imine (C=N–C) groups is 2. The first-order valence-electron chi connectivity index (χ1n) is 29.7. The zero-order valence-electron chi connectivity index (χ0n) is 45.0. The second-order valence-corrected chi connectivity index (χ2v) is 20.6. The summed E-state index contributed by atoms with van der Waals surface area (Å²) in [4.78, 5) is 10.4. The van der Waals surface area contributed by atoms with Gasteiger partial charge in [-0.1, -0.05) is 265 Å². The number of hydrogen-bond acceptors (Lipinski definition) is 2. The average molecular weight is 908 g/mol. The minimum atomic E-state index is 0.961. The van der Waals surface area contributed by atoms with E-state index >= 15 is 0 Å². The van der Waals surface area contributed by atoms with Gasteiger partial charge in [0.25, 0.3) is 0 Å². The van der Waals surface area contributed by atoms with Gasteiger partial charge in [0.2, 0.25) is 0 Å². The number of benzene rings is 2. The molecule has 0 spiro atoms. The maximum atomic E-state index is 5.27. The van der Waals surface area contributed by atoms with Crippen LogP contribution in [0.25, 0.3) is 0 Å². The lowest BCUT2D eigenvalue weighted by molar-refractivity contribution is 0.515. The van der Waals surface area contributed by atoms with Crippen LogP contribution in [0.1, 0.15) is 307 Å². The van der Waals surface area contributed by atoms with E-state index in [9.17, 15) is 0 Å². The Morgan fingerprint density at radius 1 is 0.333 bits per heavy atom. The number of allylic oxidation sites excluding steroid dienone is 2. The predicted molar refractivity (Wildman–Crippen MR) is 301 cm³/mol. The van der Waals surface area contributed by atoms with Crippen LogP contribution in [0.2, 0.25) is 0 Å². The molecule has 0 fully saturated rings. The Bertz CT molecular complexity index is 1460. The summed E-state index contributed by atoms with van der Waals surface area (Å²) in [5.74, 6) is 0. The smallest absolute Gasteiger partial charge is 0.0816 e. The summed E-state index contributed by atoms with van der Waals surface area (Å²) in [7, 11) is 0. The Balaban J connectivity index is 1.78. The lowest BCUT2D eigenvalue weighted by Gasteiger charge is -2.11. The van der Waals surface area contributed by atoms with Crippen molar-refractivity contribution in [1.29, 1.82) is 0 Å². The van der Waals surface area contributed by atoms with Crippen molar-refractivity contribution < 1.29 is 0 Å². The minimum Gasteiger partial charge on any atom is -0.255 e. The molecule has 0 aromatic heterocycles. The number of aryl methyl sites for hydroxylation is 4. The van der Waals surface area contributed by atoms with Gasteiger partial charge in [0, 0.05) is 0 Å². The molecule has 2 rings (SSSR count). The molecule has 0 unspecified atom stereocenters. The topological polar surface area (TPSA) is 24.7 Å². The molecule has 2 nitrogen and oxygen atoms in total. The van der Waals surface area contributed by atoms with Crippen LogP contribution in [0.15, 0.2) is 58.5 Å². The van der Waals surface area contributed by atoms with Crippen LogP contribution in [0.5, 0.6) is 0 Å². The number of nitrogens with zero attached hydrogens (tertiary/aromatic N) is 2. The first-order valence-corrected chi connectivity index (χ1v) is 29.7. The standard InChI is InChI=1S/C64H110N2/c1-6-11-16-17-18-19-20-21-22-23-24-25-26-27-28-29-30-31-32-33-34-35-36-37-38-39-40-45-50-64(66-63-54-52-59(47-42-13-8-3)61(56-63)49-44-15-10-5)57-65-62-53-51-58(46-41-12-7-2)60(55-62)48-43-14-9-4/h45,50-57H,6-44,46-49H2,1-5H3. The minimum absolute atomic E-state index is 0.961. The summed E-state index contributed by atoms with van der Waals surface area (Å²) < 4.78 is 0. The molecule has 0 aliphatic carbocycles. The zero-order valence-corrected chi connectivity index (χ0v) is 45.0. The maximum Gasteiger partial charge on any atom is 0.0816 e. The molecule has 0 saturated heterocycles. The van der Waals surface area contributed by atoms with Crippen LogP contribution >= 0.6 is 0 Å². The van der Waals surface area contributed by atoms with Crippen LogP contribution in [-0.2, 0) is 25.7 Å². The summed E-state index contributed by atoms with van der Waals surface area (Å²) in [6.45, 7) is 11.5. The highest BCUT2D eigenvalue weighted by atomic mass is 14.8. The Labute approximate surface area is 413 Å². The summed E-state index contributed by atoms with van der Waals surface area (Å²) in [6, 6.07) is 14.0. The Kier molecular flexibility index (Phi) is 40.7. The molecule has 0 aliphatic rings. The van der Waals surface area contributed by atoms with Gasteiger partial charge < -0.3 is 0 Å². The van der Waals surface area contributed by atoms with Crippen molar-refractivity contribution in [3.8, 4) is 0 Å². The van der Waals surface area contributed by atoms with E-state index in [0.29, 0.717) is 0 Å². The Morgan fingerprint density at radius 2 is 0.636 bits per heavy atom. The summed E-state index contributed by atoms with van der Waals surface area (Å²) >= 11 is 0. The molecule has 0 saturated carbocycles. The molecule has 0 aliphatic heterocycles. The second-order valence-electron chi connectivity index (χ2n) is 20.6. The molecule has 0 N–H and O–H groups in total. The van der Waals surface area contributed by atoms with Crippen molar-refractivity contribution in [1.82, 2.24) is 0 Å². The van der Waals surface area contributed by atoms with Crippen LogP contribution in [0.4, 0.5) is 11.4 Å². The quantitative estimate of drug-likeness (QED) is 0.0467. The molecule has 0 heterocycles. The highest BCUT2D eigenvalue weighted by Gasteiger charge is 2.08. The average Bonchev–Trinajstić information content (AvgIpc) is 3.33. The Hall–Kier alpha value is -2.48. The fourth-order valence-electron chi connectivity index (χ4n) is 9.77. The first kappa shape index (κ1) is 59.6. The number of unbranched alkanes of at least 4 members (excludes halogenated alkanes) is 34. The van der Waals surface area contributed by atoms with Crippen molar-refractivity contribution in [3.63, 3.8) is 0 Å². The van der Waals surface area contributed by atoms with Gasteiger partial charge in [-0.3, -0.25) is 4.99 Å². The molecule has 66 heavy (non-hydrogen) atoms. The molecule has 2 heteroatoms. The molecular formula is C64H110N2.